The number of primary amides is 1. The molecule has 0 spiro atoms. The van der Waals surface area contributed by atoms with E-state index in [0.29, 0.717) is 22.5 Å². The highest BCUT2D eigenvalue weighted by Gasteiger charge is 2.09. The molecule has 2 rings (SSSR count). The number of benzene rings is 2. The molecule has 0 aliphatic rings. The molecular formula is C19H22N4O3. The zero-order chi connectivity index (χ0) is 19.1. The average Bonchev–Trinajstić information content (AvgIpc) is 2.60. The Morgan fingerprint density at radius 3 is 2.23 bits per heavy atom. The Balaban J connectivity index is 1.94. The van der Waals surface area contributed by atoms with Gasteiger partial charge in [0.2, 0.25) is 11.8 Å². The van der Waals surface area contributed by atoms with Crippen LogP contribution in [0.2, 0.25) is 0 Å². The van der Waals surface area contributed by atoms with E-state index in [0.717, 1.165) is 0 Å². The quantitative estimate of drug-likeness (QED) is 0.609. The minimum Gasteiger partial charge on any atom is -0.376 e. The zero-order valence-corrected chi connectivity index (χ0v) is 14.7. The van der Waals surface area contributed by atoms with Gasteiger partial charge in [-0.25, -0.2) is 0 Å². The Morgan fingerprint density at radius 1 is 0.962 bits per heavy atom. The predicted molar refractivity (Wildman–Crippen MR) is 101 cm³/mol. The Labute approximate surface area is 152 Å². The van der Waals surface area contributed by atoms with Gasteiger partial charge < -0.3 is 21.7 Å². The van der Waals surface area contributed by atoms with E-state index in [1.165, 1.54) is 6.07 Å². The minimum atomic E-state index is -0.560. The molecule has 2 aromatic rings. The lowest BCUT2D eigenvalue weighted by molar-refractivity contribution is -0.114. The van der Waals surface area contributed by atoms with Crippen molar-refractivity contribution in [3.63, 3.8) is 0 Å². The maximum atomic E-state index is 12.1. The van der Waals surface area contributed by atoms with E-state index in [1.54, 1.807) is 42.5 Å². The van der Waals surface area contributed by atoms with Crippen molar-refractivity contribution >= 4 is 29.1 Å². The third kappa shape index (κ3) is 5.62. The summed E-state index contributed by atoms with van der Waals surface area (Å²) in [5.41, 5.74) is 7.19. The fourth-order valence-electron chi connectivity index (χ4n) is 2.25. The van der Waals surface area contributed by atoms with Crippen LogP contribution in [0.4, 0.5) is 11.4 Å². The van der Waals surface area contributed by atoms with Gasteiger partial charge in [-0.05, 0) is 50.2 Å². The number of carbonyl (C=O) groups is 3. The van der Waals surface area contributed by atoms with E-state index in [-0.39, 0.29) is 24.4 Å². The number of nitrogens with one attached hydrogen (secondary N) is 3. The summed E-state index contributed by atoms with van der Waals surface area (Å²) in [7, 11) is 0. The van der Waals surface area contributed by atoms with Gasteiger partial charge >= 0.3 is 0 Å². The average molecular weight is 354 g/mol. The molecule has 0 fully saturated rings. The van der Waals surface area contributed by atoms with Crippen molar-refractivity contribution in [2.75, 3.05) is 17.2 Å². The molecule has 7 heteroatoms. The van der Waals surface area contributed by atoms with Crippen LogP contribution in [0.25, 0.3) is 0 Å². The second kappa shape index (κ2) is 8.66. The molecule has 3 amide bonds. The molecule has 0 heterocycles. The van der Waals surface area contributed by atoms with Crippen molar-refractivity contribution in [3.8, 4) is 0 Å². The summed E-state index contributed by atoms with van der Waals surface area (Å²) in [5.74, 6) is -1.02. The number of hydrogen-bond donors (Lipinski definition) is 4. The minimum absolute atomic E-state index is 0.00997. The maximum absolute atomic E-state index is 12.1. The van der Waals surface area contributed by atoms with E-state index >= 15 is 0 Å². The normalized spacial score (nSPS) is 10.3. The highest BCUT2D eigenvalue weighted by molar-refractivity contribution is 5.98. The Hall–Kier alpha value is -3.35. The van der Waals surface area contributed by atoms with Gasteiger partial charge in [0.25, 0.3) is 5.91 Å². The monoisotopic (exact) mass is 354 g/mol. The standard InChI is InChI=1S/C19H22N4O3/c1-12(2)22-19(26)14-6-4-7-15(10-14)21-11-17(24)23-16-8-3-5-13(9-16)18(20)25/h3-10,12,21H,11H2,1-2H3,(H2,20,25)(H,22,26)(H,23,24). The first-order valence-electron chi connectivity index (χ1n) is 8.19. The van der Waals surface area contributed by atoms with Gasteiger partial charge in [0.15, 0.2) is 0 Å². The number of rotatable bonds is 7. The molecule has 0 unspecified atom stereocenters. The highest BCUT2D eigenvalue weighted by atomic mass is 16.2. The molecule has 0 aliphatic heterocycles. The van der Waals surface area contributed by atoms with Crippen LogP contribution in [0.5, 0.6) is 0 Å². The number of carbonyl (C=O) groups excluding carboxylic acids is 3. The summed E-state index contributed by atoms with van der Waals surface area (Å²) in [6, 6.07) is 13.3. The summed E-state index contributed by atoms with van der Waals surface area (Å²) in [6.45, 7) is 3.78. The van der Waals surface area contributed by atoms with E-state index in [1.807, 2.05) is 13.8 Å². The van der Waals surface area contributed by atoms with E-state index in [2.05, 4.69) is 16.0 Å². The maximum Gasteiger partial charge on any atom is 0.251 e. The molecule has 2 aromatic carbocycles. The van der Waals surface area contributed by atoms with Gasteiger partial charge in [0.1, 0.15) is 0 Å². The Bertz CT molecular complexity index is 818. The van der Waals surface area contributed by atoms with Gasteiger partial charge in [-0.1, -0.05) is 12.1 Å². The van der Waals surface area contributed by atoms with E-state index < -0.39 is 5.91 Å². The molecule has 7 nitrogen and oxygen atoms in total. The molecule has 5 N–H and O–H groups in total. The summed E-state index contributed by atoms with van der Waals surface area (Å²) < 4.78 is 0. The molecule has 136 valence electrons. The fraction of sp³-hybridized carbons (Fsp3) is 0.211. The number of hydrogen-bond acceptors (Lipinski definition) is 4. The van der Waals surface area contributed by atoms with Gasteiger partial charge in [-0.15, -0.1) is 0 Å². The summed E-state index contributed by atoms with van der Waals surface area (Å²) >= 11 is 0. The lowest BCUT2D eigenvalue weighted by Crippen LogP contribution is -2.30. The number of anilines is 2. The van der Waals surface area contributed by atoms with Gasteiger partial charge in [-0.3, -0.25) is 14.4 Å². The molecule has 0 bridgehead atoms. The van der Waals surface area contributed by atoms with Crippen molar-refractivity contribution in [1.29, 1.82) is 0 Å². The first-order valence-corrected chi connectivity index (χ1v) is 8.19. The first kappa shape index (κ1) is 19.0. The Morgan fingerprint density at radius 2 is 1.58 bits per heavy atom. The van der Waals surface area contributed by atoms with Crippen molar-refractivity contribution in [2.45, 2.75) is 19.9 Å². The van der Waals surface area contributed by atoms with Crippen LogP contribution < -0.4 is 21.7 Å². The van der Waals surface area contributed by atoms with Crippen molar-refractivity contribution in [3.05, 3.63) is 59.7 Å². The van der Waals surface area contributed by atoms with Crippen molar-refractivity contribution in [2.24, 2.45) is 5.73 Å². The van der Waals surface area contributed by atoms with Crippen molar-refractivity contribution < 1.29 is 14.4 Å². The SMILES string of the molecule is CC(C)NC(=O)c1cccc(NCC(=O)Nc2cccc(C(N)=O)c2)c1. The first-order chi connectivity index (χ1) is 12.3. The summed E-state index contributed by atoms with van der Waals surface area (Å²) in [4.78, 5) is 35.2. The molecule has 0 aromatic heterocycles. The highest BCUT2D eigenvalue weighted by Crippen LogP contribution is 2.12. The molecule has 0 atom stereocenters. The lowest BCUT2D eigenvalue weighted by atomic mass is 10.1. The Kier molecular flexibility index (Phi) is 6.32. The van der Waals surface area contributed by atoms with Crippen LogP contribution in [0.3, 0.4) is 0 Å². The largest absolute Gasteiger partial charge is 0.376 e. The number of amides is 3. The number of nitrogens with two attached hydrogens (primary N) is 1. The molecule has 0 saturated heterocycles. The van der Waals surface area contributed by atoms with Gasteiger partial charge in [0.05, 0.1) is 6.54 Å². The van der Waals surface area contributed by atoms with Crippen LogP contribution in [-0.4, -0.2) is 30.3 Å². The van der Waals surface area contributed by atoms with Crippen LogP contribution >= 0.6 is 0 Å². The fourth-order valence-corrected chi connectivity index (χ4v) is 2.25. The summed E-state index contributed by atoms with van der Waals surface area (Å²) in [6.07, 6.45) is 0. The smallest absolute Gasteiger partial charge is 0.251 e. The molecule has 0 saturated carbocycles. The van der Waals surface area contributed by atoms with E-state index in [4.69, 9.17) is 5.73 Å². The lowest BCUT2D eigenvalue weighted by Gasteiger charge is -2.11. The molecular weight excluding hydrogens is 332 g/mol. The van der Waals surface area contributed by atoms with E-state index in [9.17, 15) is 14.4 Å². The molecule has 0 aliphatic carbocycles. The predicted octanol–water partition coefficient (Wildman–Crippen LogP) is 1.97. The van der Waals surface area contributed by atoms with Gasteiger partial charge in [0, 0.05) is 28.5 Å². The second-order valence-electron chi connectivity index (χ2n) is 6.06. The van der Waals surface area contributed by atoms with Crippen LogP contribution in [0.1, 0.15) is 34.6 Å². The molecule has 0 radical (unpaired) electrons. The third-order valence-electron chi connectivity index (χ3n) is 3.43. The molecule has 26 heavy (non-hydrogen) atoms. The van der Waals surface area contributed by atoms with Crippen molar-refractivity contribution in [1.82, 2.24) is 5.32 Å². The van der Waals surface area contributed by atoms with Crippen LogP contribution in [0, 0.1) is 0 Å². The van der Waals surface area contributed by atoms with Crippen LogP contribution in [0.15, 0.2) is 48.5 Å². The van der Waals surface area contributed by atoms with Gasteiger partial charge in [-0.2, -0.15) is 0 Å². The summed E-state index contributed by atoms with van der Waals surface area (Å²) in [5, 5.41) is 8.46. The topological polar surface area (TPSA) is 113 Å². The zero-order valence-electron chi connectivity index (χ0n) is 14.7. The third-order valence-corrected chi connectivity index (χ3v) is 3.43. The second-order valence-corrected chi connectivity index (χ2v) is 6.06. The van der Waals surface area contributed by atoms with Crippen LogP contribution in [-0.2, 0) is 4.79 Å².